The number of hydrogen-bond donors (Lipinski definition) is 1. The van der Waals surface area contributed by atoms with Crippen molar-refractivity contribution < 1.29 is 19.1 Å². The minimum Gasteiger partial charge on any atom is -0.481 e. The smallest absolute Gasteiger partial charge is 0.343 e. The van der Waals surface area contributed by atoms with Crippen LogP contribution in [0.4, 0.5) is 0 Å². The monoisotopic (exact) mass is 412 g/mol. The highest BCUT2D eigenvalue weighted by atomic mass is 32.1. The number of carbonyl (C=O) groups excluding carboxylic acids is 2. The van der Waals surface area contributed by atoms with Crippen LogP contribution in [0.15, 0.2) is 35.7 Å². The van der Waals surface area contributed by atoms with Gasteiger partial charge < -0.3 is 19.8 Å². The number of benzene rings is 1. The van der Waals surface area contributed by atoms with E-state index in [1.54, 1.807) is 11.3 Å². The van der Waals surface area contributed by atoms with E-state index in [1.807, 2.05) is 24.3 Å². The van der Waals surface area contributed by atoms with Gasteiger partial charge in [-0.2, -0.15) is 0 Å². The molecule has 3 aromatic rings. The molecule has 0 saturated heterocycles. The standard InChI is InChI=1S/C22H24N2O4S/c1-27-19(25)13-28-18-10-4-9-17-21(18)20-15(22(23)26)7-2-3-8-16(20)24(17)12-14-6-5-11-29-14/h4-6,9-11,15H,2-3,7-8,12-13H2,1H3,(H2,23,26). The average Bonchev–Trinajstić information content (AvgIpc) is 3.27. The Hall–Kier alpha value is -2.80. The highest BCUT2D eigenvalue weighted by Crippen LogP contribution is 2.42. The number of rotatable bonds is 6. The topological polar surface area (TPSA) is 83.6 Å². The Balaban J connectivity index is 1.92. The lowest BCUT2D eigenvalue weighted by molar-refractivity contribution is -0.142. The number of carbonyl (C=O) groups is 2. The van der Waals surface area contributed by atoms with Crippen LogP contribution in [-0.4, -0.2) is 30.2 Å². The third kappa shape index (κ3) is 3.74. The van der Waals surface area contributed by atoms with Crippen LogP contribution in [0.25, 0.3) is 10.9 Å². The zero-order valence-electron chi connectivity index (χ0n) is 16.3. The molecule has 2 aromatic heterocycles. The van der Waals surface area contributed by atoms with E-state index in [0.29, 0.717) is 5.75 Å². The van der Waals surface area contributed by atoms with Crippen LogP contribution in [0.1, 0.15) is 41.3 Å². The van der Waals surface area contributed by atoms with E-state index >= 15 is 0 Å². The Morgan fingerprint density at radius 2 is 2.10 bits per heavy atom. The van der Waals surface area contributed by atoms with Gasteiger partial charge in [-0.25, -0.2) is 4.79 Å². The average molecular weight is 413 g/mol. The summed E-state index contributed by atoms with van der Waals surface area (Å²) in [6.45, 7) is 0.553. The molecule has 1 aliphatic carbocycles. The molecule has 0 radical (unpaired) electrons. The molecule has 0 fully saturated rings. The maximum absolute atomic E-state index is 12.4. The molecule has 2 heterocycles. The van der Waals surface area contributed by atoms with E-state index in [-0.39, 0.29) is 18.4 Å². The van der Waals surface area contributed by atoms with Gasteiger partial charge in [-0.1, -0.05) is 18.6 Å². The second kappa shape index (κ2) is 8.29. The first-order valence-electron chi connectivity index (χ1n) is 9.75. The summed E-state index contributed by atoms with van der Waals surface area (Å²) in [6.07, 6.45) is 3.57. The van der Waals surface area contributed by atoms with Gasteiger partial charge in [0.2, 0.25) is 5.91 Å². The van der Waals surface area contributed by atoms with Crippen LogP contribution in [0.3, 0.4) is 0 Å². The maximum Gasteiger partial charge on any atom is 0.343 e. The van der Waals surface area contributed by atoms with Crippen molar-refractivity contribution in [3.05, 3.63) is 51.8 Å². The van der Waals surface area contributed by atoms with Crippen LogP contribution in [0.5, 0.6) is 5.75 Å². The van der Waals surface area contributed by atoms with Gasteiger partial charge in [0.25, 0.3) is 0 Å². The maximum atomic E-state index is 12.4. The number of hydrogen-bond acceptors (Lipinski definition) is 5. The van der Waals surface area contributed by atoms with E-state index in [1.165, 1.54) is 12.0 Å². The minimum absolute atomic E-state index is 0.179. The molecule has 1 aliphatic rings. The molecule has 0 aliphatic heterocycles. The van der Waals surface area contributed by atoms with Gasteiger partial charge in [0.15, 0.2) is 6.61 Å². The Kier molecular flexibility index (Phi) is 5.58. The molecule has 7 heteroatoms. The van der Waals surface area contributed by atoms with Crippen molar-refractivity contribution in [3.63, 3.8) is 0 Å². The molecule has 152 valence electrons. The quantitative estimate of drug-likeness (QED) is 0.495. The Bertz CT molecular complexity index is 1040. The van der Waals surface area contributed by atoms with Crippen LogP contribution in [0.2, 0.25) is 0 Å². The highest BCUT2D eigenvalue weighted by Gasteiger charge is 2.31. The highest BCUT2D eigenvalue weighted by molar-refractivity contribution is 7.09. The predicted molar refractivity (Wildman–Crippen MR) is 112 cm³/mol. The van der Waals surface area contributed by atoms with Gasteiger partial charge in [-0.3, -0.25) is 4.79 Å². The van der Waals surface area contributed by atoms with Gasteiger partial charge in [0.1, 0.15) is 5.75 Å². The van der Waals surface area contributed by atoms with Gasteiger partial charge >= 0.3 is 5.97 Å². The Labute approximate surface area is 173 Å². The van der Waals surface area contributed by atoms with Gasteiger partial charge in [0.05, 0.1) is 25.1 Å². The molecule has 0 saturated carbocycles. The van der Waals surface area contributed by atoms with Crippen molar-refractivity contribution >= 4 is 34.1 Å². The fourth-order valence-corrected chi connectivity index (χ4v) is 4.91. The van der Waals surface area contributed by atoms with Crippen LogP contribution in [0, 0.1) is 0 Å². The molecule has 1 unspecified atom stereocenters. The summed E-state index contributed by atoms with van der Waals surface area (Å²) in [7, 11) is 1.33. The first-order chi connectivity index (χ1) is 14.1. The molecule has 1 aromatic carbocycles. The molecule has 1 amide bonds. The second-order valence-electron chi connectivity index (χ2n) is 7.24. The number of primary amides is 1. The van der Waals surface area contributed by atoms with Crippen LogP contribution < -0.4 is 10.5 Å². The van der Waals surface area contributed by atoms with Crippen molar-refractivity contribution in [2.75, 3.05) is 13.7 Å². The van der Waals surface area contributed by atoms with E-state index in [2.05, 4.69) is 16.0 Å². The number of fused-ring (bicyclic) bond motifs is 3. The minimum atomic E-state index is -0.447. The summed E-state index contributed by atoms with van der Waals surface area (Å²) >= 11 is 1.71. The molecule has 29 heavy (non-hydrogen) atoms. The second-order valence-corrected chi connectivity index (χ2v) is 8.27. The summed E-state index contributed by atoms with van der Waals surface area (Å²) in [5.41, 5.74) is 8.92. The lowest BCUT2D eigenvalue weighted by Crippen LogP contribution is -2.21. The molecule has 0 spiro atoms. The van der Waals surface area contributed by atoms with Gasteiger partial charge in [0, 0.05) is 16.0 Å². The zero-order valence-corrected chi connectivity index (χ0v) is 17.2. The number of nitrogens with zero attached hydrogens (tertiary/aromatic N) is 1. The first kappa shape index (κ1) is 19.5. The van der Waals surface area contributed by atoms with E-state index in [4.69, 9.17) is 15.2 Å². The van der Waals surface area contributed by atoms with E-state index in [9.17, 15) is 9.59 Å². The SMILES string of the molecule is COC(=O)COc1cccc2c1c1c(n2Cc2cccs2)CCCCC1C(N)=O. The normalized spacial score (nSPS) is 16.2. The molecular formula is C22H24N2O4S. The number of methoxy groups -OCH3 is 1. The number of esters is 1. The number of thiophene rings is 1. The van der Waals surface area contributed by atoms with Crippen molar-refractivity contribution in [2.45, 2.75) is 38.1 Å². The summed E-state index contributed by atoms with van der Waals surface area (Å²) in [5.74, 6) is -0.534. The van der Waals surface area contributed by atoms with Crippen LogP contribution >= 0.6 is 11.3 Å². The van der Waals surface area contributed by atoms with Gasteiger partial charge in [-0.15, -0.1) is 11.3 Å². The van der Waals surface area contributed by atoms with Crippen LogP contribution in [-0.2, 0) is 27.3 Å². The Morgan fingerprint density at radius 1 is 1.24 bits per heavy atom. The summed E-state index contributed by atoms with van der Waals surface area (Å²) in [6, 6.07) is 9.95. The summed E-state index contributed by atoms with van der Waals surface area (Å²) < 4.78 is 12.8. The molecule has 6 nitrogen and oxygen atoms in total. The lowest BCUT2D eigenvalue weighted by atomic mass is 9.92. The van der Waals surface area contributed by atoms with E-state index < -0.39 is 5.97 Å². The first-order valence-corrected chi connectivity index (χ1v) is 10.6. The van der Waals surface area contributed by atoms with E-state index in [0.717, 1.165) is 54.4 Å². The largest absolute Gasteiger partial charge is 0.481 e. The number of ether oxygens (including phenoxy) is 2. The fourth-order valence-electron chi connectivity index (χ4n) is 4.22. The van der Waals surface area contributed by atoms with Crippen molar-refractivity contribution in [1.29, 1.82) is 0 Å². The fraction of sp³-hybridized carbons (Fsp3) is 0.364. The third-order valence-electron chi connectivity index (χ3n) is 5.52. The molecule has 4 rings (SSSR count). The zero-order chi connectivity index (χ0) is 20.4. The molecule has 2 N–H and O–H groups in total. The number of amides is 1. The lowest BCUT2D eigenvalue weighted by Gasteiger charge is -2.14. The number of nitrogens with two attached hydrogens (primary N) is 1. The Morgan fingerprint density at radius 3 is 2.83 bits per heavy atom. The van der Waals surface area contributed by atoms with Crippen molar-refractivity contribution in [1.82, 2.24) is 4.57 Å². The molecular weight excluding hydrogens is 388 g/mol. The molecule has 0 bridgehead atoms. The summed E-state index contributed by atoms with van der Waals surface area (Å²) in [4.78, 5) is 25.2. The molecule has 1 atom stereocenters. The summed E-state index contributed by atoms with van der Waals surface area (Å²) in [5, 5.41) is 2.95. The van der Waals surface area contributed by atoms with Gasteiger partial charge in [-0.05, 0) is 48.4 Å². The predicted octanol–water partition coefficient (Wildman–Crippen LogP) is 3.60. The number of aromatic nitrogens is 1. The van der Waals surface area contributed by atoms with Crippen molar-refractivity contribution in [3.8, 4) is 5.75 Å². The van der Waals surface area contributed by atoms with Crippen molar-refractivity contribution in [2.24, 2.45) is 5.73 Å². The third-order valence-corrected chi connectivity index (χ3v) is 6.38.